The molecule has 0 unspecified atom stereocenters. The van der Waals surface area contributed by atoms with Crippen LogP contribution in [0.5, 0.6) is 5.75 Å². The van der Waals surface area contributed by atoms with Gasteiger partial charge in [0.25, 0.3) is 0 Å². The molecule has 2 aromatic carbocycles. The Hall–Kier alpha value is -2.98. The number of nitrogens with zero attached hydrogens (tertiary/aromatic N) is 2. The summed E-state index contributed by atoms with van der Waals surface area (Å²) in [6.07, 6.45) is 1.83. The molecule has 2 heterocycles. The van der Waals surface area contributed by atoms with Crippen molar-refractivity contribution in [3.8, 4) is 16.9 Å². The Balaban J connectivity index is 1.86. The van der Waals surface area contributed by atoms with Gasteiger partial charge in [0.05, 0.1) is 31.7 Å². The minimum atomic E-state index is 0.0443. The normalized spacial score (nSPS) is 12.6. The molecule has 0 saturated heterocycles. The number of aliphatic imine (C=N–C) groups is 1. The fourth-order valence-electron chi connectivity index (χ4n) is 3.21. The molecule has 25 heavy (non-hydrogen) atoms. The van der Waals surface area contributed by atoms with Gasteiger partial charge in [-0.15, -0.1) is 0 Å². The summed E-state index contributed by atoms with van der Waals surface area (Å²) in [5.41, 5.74) is 7.00. The first kappa shape index (κ1) is 15.5. The van der Waals surface area contributed by atoms with Crippen molar-refractivity contribution in [1.29, 1.82) is 0 Å². The molecular formula is C21H18N2O2. The number of ether oxygens (including phenoxy) is 1. The van der Waals surface area contributed by atoms with Crippen LogP contribution in [-0.2, 0) is 13.2 Å². The second-order valence-corrected chi connectivity index (χ2v) is 5.90. The summed E-state index contributed by atoms with van der Waals surface area (Å²) in [6.45, 7) is 0.619. The van der Waals surface area contributed by atoms with Crippen molar-refractivity contribution in [3.05, 3.63) is 83.2 Å². The lowest BCUT2D eigenvalue weighted by Crippen LogP contribution is -2.06. The van der Waals surface area contributed by atoms with E-state index in [0.717, 1.165) is 45.0 Å². The summed E-state index contributed by atoms with van der Waals surface area (Å²) in [7, 11) is 1.67. The minimum absolute atomic E-state index is 0.0443. The smallest absolute Gasteiger partial charge is 0.128 e. The predicted octanol–water partition coefficient (Wildman–Crippen LogP) is 3.60. The zero-order valence-corrected chi connectivity index (χ0v) is 13.9. The maximum atomic E-state index is 9.26. The molecule has 0 amide bonds. The van der Waals surface area contributed by atoms with Gasteiger partial charge in [-0.05, 0) is 34.9 Å². The van der Waals surface area contributed by atoms with Crippen molar-refractivity contribution < 1.29 is 9.84 Å². The molecule has 0 spiro atoms. The van der Waals surface area contributed by atoms with E-state index < -0.39 is 0 Å². The first-order valence-electron chi connectivity index (χ1n) is 8.18. The monoisotopic (exact) mass is 330 g/mol. The van der Waals surface area contributed by atoms with E-state index in [2.05, 4.69) is 4.98 Å². The fraction of sp³-hybridized carbons (Fsp3) is 0.143. The minimum Gasteiger partial charge on any atom is -0.496 e. The van der Waals surface area contributed by atoms with Gasteiger partial charge < -0.3 is 9.84 Å². The van der Waals surface area contributed by atoms with Crippen LogP contribution in [0.3, 0.4) is 0 Å². The van der Waals surface area contributed by atoms with E-state index in [1.165, 1.54) is 0 Å². The number of fused-ring (bicyclic) bond motifs is 1. The molecule has 1 aromatic heterocycles. The molecule has 0 bridgehead atoms. The van der Waals surface area contributed by atoms with E-state index in [1.807, 2.05) is 60.8 Å². The molecule has 0 radical (unpaired) electrons. The molecule has 4 nitrogen and oxygen atoms in total. The molecule has 4 heteroatoms. The van der Waals surface area contributed by atoms with Crippen LogP contribution in [0.2, 0.25) is 0 Å². The highest BCUT2D eigenvalue weighted by atomic mass is 16.5. The van der Waals surface area contributed by atoms with Crippen LogP contribution in [0.15, 0.2) is 65.8 Å². The van der Waals surface area contributed by atoms with Crippen molar-refractivity contribution in [2.45, 2.75) is 13.2 Å². The molecular weight excluding hydrogens is 312 g/mol. The third-order valence-corrected chi connectivity index (χ3v) is 4.46. The Bertz CT molecular complexity index is 946. The van der Waals surface area contributed by atoms with Gasteiger partial charge >= 0.3 is 0 Å². The van der Waals surface area contributed by atoms with Gasteiger partial charge in [-0.2, -0.15) is 0 Å². The molecule has 1 N–H and O–H groups in total. The van der Waals surface area contributed by atoms with Crippen LogP contribution in [-0.4, -0.2) is 22.9 Å². The summed E-state index contributed by atoms with van der Waals surface area (Å²) >= 11 is 0. The SMILES string of the molecule is COc1ccccc1C1=NCc2nccc(-c3ccc(CO)cc3)c21. The highest BCUT2D eigenvalue weighted by molar-refractivity contribution is 6.19. The van der Waals surface area contributed by atoms with Gasteiger partial charge in [-0.3, -0.25) is 9.98 Å². The summed E-state index contributed by atoms with van der Waals surface area (Å²) in [5, 5.41) is 9.26. The zero-order chi connectivity index (χ0) is 17.2. The quantitative estimate of drug-likeness (QED) is 0.795. The lowest BCUT2D eigenvalue weighted by molar-refractivity contribution is 0.282. The van der Waals surface area contributed by atoms with Gasteiger partial charge in [-0.25, -0.2) is 0 Å². The first-order valence-corrected chi connectivity index (χ1v) is 8.18. The number of aliphatic hydroxyl groups is 1. The fourth-order valence-corrected chi connectivity index (χ4v) is 3.21. The summed E-state index contributed by atoms with van der Waals surface area (Å²) < 4.78 is 5.52. The Kier molecular flexibility index (Phi) is 4.04. The number of hydrogen-bond donors (Lipinski definition) is 1. The average Bonchev–Trinajstić information content (AvgIpc) is 3.12. The van der Waals surface area contributed by atoms with Gasteiger partial charge in [0, 0.05) is 17.3 Å². The maximum absolute atomic E-state index is 9.26. The number of methoxy groups -OCH3 is 1. The predicted molar refractivity (Wildman–Crippen MR) is 97.9 cm³/mol. The van der Waals surface area contributed by atoms with E-state index in [9.17, 15) is 5.11 Å². The van der Waals surface area contributed by atoms with Crippen LogP contribution < -0.4 is 4.74 Å². The van der Waals surface area contributed by atoms with Crippen LogP contribution >= 0.6 is 0 Å². The summed E-state index contributed by atoms with van der Waals surface area (Å²) in [5.74, 6) is 0.805. The molecule has 124 valence electrons. The molecule has 0 atom stereocenters. The third kappa shape index (κ3) is 2.71. The Morgan fingerprint density at radius 1 is 1.00 bits per heavy atom. The number of aliphatic hydroxyl groups excluding tert-OH is 1. The zero-order valence-electron chi connectivity index (χ0n) is 13.9. The summed E-state index contributed by atoms with van der Waals surface area (Å²) in [6, 6.07) is 17.9. The van der Waals surface area contributed by atoms with Gasteiger partial charge in [0.1, 0.15) is 5.75 Å². The number of para-hydroxylation sites is 1. The van der Waals surface area contributed by atoms with Crippen LogP contribution in [0.4, 0.5) is 0 Å². The van der Waals surface area contributed by atoms with E-state index in [1.54, 1.807) is 7.11 Å². The molecule has 0 aliphatic carbocycles. The Morgan fingerprint density at radius 2 is 1.80 bits per heavy atom. The van der Waals surface area contributed by atoms with Crippen molar-refractivity contribution >= 4 is 5.71 Å². The van der Waals surface area contributed by atoms with Gasteiger partial charge in [-0.1, -0.05) is 36.4 Å². The number of aromatic nitrogens is 1. The maximum Gasteiger partial charge on any atom is 0.128 e. The lowest BCUT2D eigenvalue weighted by Gasteiger charge is -2.13. The molecule has 0 fully saturated rings. The van der Waals surface area contributed by atoms with Crippen molar-refractivity contribution in [2.75, 3.05) is 7.11 Å². The van der Waals surface area contributed by atoms with E-state index in [-0.39, 0.29) is 6.61 Å². The van der Waals surface area contributed by atoms with E-state index in [4.69, 9.17) is 9.73 Å². The largest absolute Gasteiger partial charge is 0.496 e. The third-order valence-electron chi connectivity index (χ3n) is 4.46. The standard InChI is InChI=1S/C21H18N2O2/c1-25-19-5-3-2-4-17(19)21-20-16(10-11-22-18(20)12-23-21)15-8-6-14(13-24)7-9-15/h2-11,24H,12-13H2,1H3. The molecule has 0 saturated carbocycles. The Labute approximate surface area is 146 Å². The highest BCUT2D eigenvalue weighted by Crippen LogP contribution is 2.34. The number of pyridine rings is 1. The lowest BCUT2D eigenvalue weighted by atomic mass is 9.93. The van der Waals surface area contributed by atoms with Crippen molar-refractivity contribution in [1.82, 2.24) is 4.98 Å². The molecule has 1 aliphatic rings. The number of benzene rings is 2. The number of rotatable bonds is 4. The van der Waals surface area contributed by atoms with E-state index >= 15 is 0 Å². The molecule has 3 aromatic rings. The average molecular weight is 330 g/mol. The van der Waals surface area contributed by atoms with Gasteiger partial charge in [0.15, 0.2) is 0 Å². The van der Waals surface area contributed by atoms with Crippen molar-refractivity contribution in [3.63, 3.8) is 0 Å². The number of hydrogen-bond acceptors (Lipinski definition) is 4. The second kappa shape index (κ2) is 6.49. The topological polar surface area (TPSA) is 54.7 Å². The first-order chi connectivity index (χ1) is 12.3. The summed E-state index contributed by atoms with van der Waals surface area (Å²) in [4.78, 5) is 9.25. The van der Waals surface area contributed by atoms with E-state index in [0.29, 0.717) is 6.54 Å². The highest BCUT2D eigenvalue weighted by Gasteiger charge is 2.24. The molecule has 4 rings (SSSR count). The van der Waals surface area contributed by atoms with Crippen LogP contribution in [0, 0.1) is 0 Å². The Morgan fingerprint density at radius 3 is 2.56 bits per heavy atom. The second-order valence-electron chi connectivity index (χ2n) is 5.90. The van der Waals surface area contributed by atoms with Gasteiger partial charge in [0.2, 0.25) is 0 Å². The van der Waals surface area contributed by atoms with Crippen LogP contribution in [0.25, 0.3) is 11.1 Å². The molecule has 1 aliphatic heterocycles. The van der Waals surface area contributed by atoms with Crippen molar-refractivity contribution in [2.24, 2.45) is 4.99 Å². The van der Waals surface area contributed by atoms with Crippen LogP contribution in [0.1, 0.15) is 22.4 Å².